The third kappa shape index (κ3) is 4.13. The molecule has 0 fully saturated rings. The molecule has 0 atom stereocenters. The summed E-state index contributed by atoms with van der Waals surface area (Å²) in [7, 11) is 0. The molecular formula is C18H22N6OS. The molecule has 0 radical (unpaired) electrons. The van der Waals surface area contributed by atoms with Crippen molar-refractivity contribution < 1.29 is 4.79 Å². The highest BCUT2D eigenvalue weighted by Crippen LogP contribution is 2.24. The van der Waals surface area contributed by atoms with Crippen LogP contribution in [0.15, 0.2) is 35.5 Å². The first-order valence-corrected chi connectivity index (χ1v) is 9.56. The van der Waals surface area contributed by atoms with Crippen molar-refractivity contribution in [3.8, 4) is 0 Å². The van der Waals surface area contributed by atoms with E-state index < -0.39 is 0 Å². The molecule has 136 valence electrons. The highest BCUT2D eigenvalue weighted by Gasteiger charge is 2.13. The summed E-state index contributed by atoms with van der Waals surface area (Å²) in [6.45, 7) is 4.80. The second kappa shape index (κ2) is 8.18. The van der Waals surface area contributed by atoms with Crippen molar-refractivity contribution in [2.24, 2.45) is 0 Å². The van der Waals surface area contributed by atoms with Gasteiger partial charge >= 0.3 is 0 Å². The Kier molecular flexibility index (Phi) is 5.72. The average Bonchev–Trinajstić information content (AvgIpc) is 2.98. The van der Waals surface area contributed by atoms with Gasteiger partial charge in [0.25, 0.3) is 5.91 Å². The van der Waals surface area contributed by atoms with E-state index in [1.165, 1.54) is 16.4 Å². The number of carbonyl (C=O) groups excluding carboxylic acids is 1. The van der Waals surface area contributed by atoms with E-state index in [0.29, 0.717) is 11.0 Å². The first-order valence-electron chi connectivity index (χ1n) is 8.57. The van der Waals surface area contributed by atoms with E-state index in [1.54, 1.807) is 13.0 Å². The molecule has 2 heterocycles. The summed E-state index contributed by atoms with van der Waals surface area (Å²) in [6.07, 6.45) is 2.18. The quantitative estimate of drug-likeness (QED) is 0.374. The Bertz CT molecular complexity index is 923. The molecule has 0 aliphatic rings. The molecule has 3 N–H and O–H groups in total. The Morgan fingerprint density at radius 1 is 1.31 bits per heavy atom. The van der Waals surface area contributed by atoms with Gasteiger partial charge in [0.15, 0.2) is 5.16 Å². The van der Waals surface area contributed by atoms with E-state index in [4.69, 9.17) is 5.73 Å². The average molecular weight is 370 g/mol. The SMILES string of the molecule is CCCCNc1nc(SCC(=O)n2nc(N)cc2C)nc2ccccc12. The van der Waals surface area contributed by atoms with E-state index in [9.17, 15) is 4.79 Å². The van der Waals surface area contributed by atoms with Gasteiger partial charge in [0, 0.05) is 23.7 Å². The number of aryl methyl sites for hydroxylation is 1. The molecule has 26 heavy (non-hydrogen) atoms. The number of carbonyl (C=O) groups is 1. The molecule has 7 nitrogen and oxygen atoms in total. The van der Waals surface area contributed by atoms with Crippen LogP contribution < -0.4 is 11.1 Å². The number of fused-ring (bicyclic) bond motifs is 1. The molecular weight excluding hydrogens is 348 g/mol. The summed E-state index contributed by atoms with van der Waals surface area (Å²) in [5.41, 5.74) is 7.22. The monoisotopic (exact) mass is 370 g/mol. The van der Waals surface area contributed by atoms with Gasteiger partial charge in [-0.1, -0.05) is 37.2 Å². The van der Waals surface area contributed by atoms with Crippen molar-refractivity contribution in [3.63, 3.8) is 0 Å². The van der Waals surface area contributed by atoms with E-state index in [0.717, 1.165) is 41.8 Å². The van der Waals surface area contributed by atoms with Crippen LogP contribution >= 0.6 is 11.8 Å². The minimum atomic E-state index is -0.151. The zero-order valence-corrected chi connectivity index (χ0v) is 15.7. The second-order valence-corrected chi connectivity index (χ2v) is 6.90. The van der Waals surface area contributed by atoms with E-state index in [-0.39, 0.29) is 11.7 Å². The zero-order chi connectivity index (χ0) is 18.5. The molecule has 0 saturated carbocycles. The lowest BCUT2D eigenvalue weighted by atomic mass is 10.2. The van der Waals surface area contributed by atoms with Gasteiger partial charge in [-0.05, 0) is 25.5 Å². The number of rotatable bonds is 7. The molecule has 8 heteroatoms. The van der Waals surface area contributed by atoms with Gasteiger partial charge in [0.1, 0.15) is 11.6 Å². The van der Waals surface area contributed by atoms with Gasteiger partial charge in [-0.3, -0.25) is 4.79 Å². The van der Waals surface area contributed by atoms with Crippen LogP contribution in [0, 0.1) is 6.92 Å². The summed E-state index contributed by atoms with van der Waals surface area (Å²) in [6, 6.07) is 9.54. The molecule has 2 aromatic heterocycles. The van der Waals surface area contributed by atoms with Crippen LogP contribution in [0.1, 0.15) is 30.3 Å². The number of nitrogens with one attached hydrogen (secondary N) is 1. The van der Waals surface area contributed by atoms with Crippen LogP contribution in [-0.2, 0) is 0 Å². The largest absolute Gasteiger partial charge is 0.382 e. The molecule has 3 aromatic rings. The number of aromatic nitrogens is 4. The predicted molar refractivity (Wildman–Crippen MR) is 106 cm³/mol. The fourth-order valence-electron chi connectivity index (χ4n) is 2.58. The van der Waals surface area contributed by atoms with Gasteiger partial charge in [-0.2, -0.15) is 0 Å². The third-order valence-corrected chi connectivity index (χ3v) is 4.70. The Labute approximate surface area is 156 Å². The maximum absolute atomic E-state index is 12.4. The molecule has 0 unspecified atom stereocenters. The molecule has 1 aromatic carbocycles. The van der Waals surface area contributed by atoms with Crippen LogP contribution in [0.3, 0.4) is 0 Å². The molecule has 0 amide bonds. The number of para-hydroxylation sites is 1. The number of benzene rings is 1. The van der Waals surface area contributed by atoms with Crippen LogP contribution in [0.5, 0.6) is 0 Å². The van der Waals surface area contributed by atoms with Gasteiger partial charge in [0.2, 0.25) is 0 Å². The predicted octanol–water partition coefficient (Wildman–Crippen LogP) is 3.36. The summed E-state index contributed by atoms with van der Waals surface area (Å²) in [5, 5.41) is 8.94. The minimum absolute atomic E-state index is 0.151. The molecule has 0 aliphatic carbocycles. The van der Waals surface area contributed by atoms with Crippen molar-refractivity contribution in [1.82, 2.24) is 19.7 Å². The highest BCUT2D eigenvalue weighted by molar-refractivity contribution is 7.99. The number of thioether (sulfide) groups is 1. The van der Waals surface area contributed by atoms with E-state index >= 15 is 0 Å². The number of anilines is 2. The van der Waals surface area contributed by atoms with Crippen molar-refractivity contribution in [2.45, 2.75) is 31.8 Å². The number of hydrogen-bond acceptors (Lipinski definition) is 7. The number of nitrogen functional groups attached to an aromatic ring is 1. The van der Waals surface area contributed by atoms with Gasteiger partial charge in [-0.25, -0.2) is 14.6 Å². The summed E-state index contributed by atoms with van der Waals surface area (Å²) in [5.74, 6) is 1.18. The molecule has 0 aliphatic heterocycles. The van der Waals surface area contributed by atoms with Gasteiger partial charge in [-0.15, -0.1) is 5.10 Å². The van der Waals surface area contributed by atoms with Crippen molar-refractivity contribution in [3.05, 3.63) is 36.0 Å². The first-order chi connectivity index (χ1) is 12.6. The van der Waals surface area contributed by atoms with Gasteiger partial charge in [0.05, 0.1) is 11.3 Å². The number of nitrogens with two attached hydrogens (primary N) is 1. The number of unbranched alkanes of at least 4 members (excludes halogenated alkanes) is 1. The lowest BCUT2D eigenvalue weighted by Gasteiger charge is -2.10. The second-order valence-electron chi connectivity index (χ2n) is 5.96. The summed E-state index contributed by atoms with van der Waals surface area (Å²) >= 11 is 1.30. The minimum Gasteiger partial charge on any atom is -0.382 e. The normalized spacial score (nSPS) is 11.0. The smallest absolute Gasteiger partial charge is 0.257 e. The van der Waals surface area contributed by atoms with Crippen LogP contribution in [-0.4, -0.2) is 38.0 Å². The number of hydrogen-bond donors (Lipinski definition) is 2. The Morgan fingerprint density at radius 3 is 2.85 bits per heavy atom. The zero-order valence-electron chi connectivity index (χ0n) is 14.9. The maximum Gasteiger partial charge on any atom is 0.257 e. The Morgan fingerprint density at radius 2 is 2.12 bits per heavy atom. The summed E-state index contributed by atoms with van der Waals surface area (Å²) in [4.78, 5) is 21.5. The Balaban J connectivity index is 1.78. The number of nitrogens with zero attached hydrogens (tertiary/aromatic N) is 4. The lowest BCUT2D eigenvalue weighted by Crippen LogP contribution is -2.16. The molecule has 0 bridgehead atoms. The fraction of sp³-hybridized carbons (Fsp3) is 0.333. The van der Waals surface area contributed by atoms with Crippen LogP contribution in [0.2, 0.25) is 0 Å². The summed E-state index contributed by atoms with van der Waals surface area (Å²) < 4.78 is 1.32. The van der Waals surface area contributed by atoms with E-state index in [2.05, 4.69) is 27.3 Å². The molecule has 0 spiro atoms. The van der Waals surface area contributed by atoms with Crippen LogP contribution in [0.4, 0.5) is 11.6 Å². The van der Waals surface area contributed by atoms with Gasteiger partial charge < -0.3 is 11.1 Å². The lowest BCUT2D eigenvalue weighted by molar-refractivity contribution is 0.0924. The third-order valence-electron chi connectivity index (χ3n) is 3.87. The highest BCUT2D eigenvalue weighted by atomic mass is 32.2. The molecule has 3 rings (SSSR count). The van der Waals surface area contributed by atoms with E-state index in [1.807, 2.05) is 24.3 Å². The van der Waals surface area contributed by atoms with Crippen molar-refractivity contribution in [2.75, 3.05) is 23.3 Å². The standard InChI is InChI=1S/C18H22N6OS/c1-3-4-9-20-17-13-7-5-6-8-14(13)21-18(22-17)26-11-16(25)24-12(2)10-15(19)23-24/h5-8,10H,3-4,9,11H2,1-2H3,(H2,19,23)(H,20,21,22). The van der Waals surface area contributed by atoms with Crippen LogP contribution in [0.25, 0.3) is 10.9 Å². The van der Waals surface area contributed by atoms with Crippen molar-refractivity contribution in [1.29, 1.82) is 0 Å². The maximum atomic E-state index is 12.4. The first kappa shape index (κ1) is 18.2. The molecule has 0 saturated heterocycles. The van der Waals surface area contributed by atoms with Crippen molar-refractivity contribution >= 4 is 40.2 Å². The Hall–Kier alpha value is -2.61. The topological polar surface area (TPSA) is 98.7 Å². The fourth-order valence-corrected chi connectivity index (χ4v) is 3.27.